The number of benzene rings is 3. The molecule has 194 valence electrons. The largest absolute Gasteiger partial charge is 0.338 e. The predicted molar refractivity (Wildman–Crippen MR) is 147 cm³/mol. The molecule has 0 N–H and O–H groups in total. The van der Waals surface area contributed by atoms with E-state index in [0.29, 0.717) is 11.5 Å². The molecule has 38 heavy (non-hydrogen) atoms. The molecule has 1 atom stereocenters. The monoisotopic (exact) mass is 508 g/mol. The molecule has 2 aliphatic heterocycles. The Balaban J connectivity index is 1.24. The van der Waals surface area contributed by atoms with E-state index in [1.807, 2.05) is 21.7 Å². The van der Waals surface area contributed by atoms with Gasteiger partial charge in [-0.25, -0.2) is 9.07 Å². The third-order valence-electron chi connectivity index (χ3n) is 8.08. The lowest BCUT2D eigenvalue weighted by Crippen LogP contribution is -2.34. The summed E-state index contributed by atoms with van der Waals surface area (Å²) in [6, 6.07) is 27.4. The molecule has 6 rings (SSSR count). The summed E-state index contributed by atoms with van der Waals surface area (Å²) < 4.78 is 15.6. The van der Waals surface area contributed by atoms with Crippen LogP contribution in [0.3, 0.4) is 0 Å². The van der Waals surface area contributed by atoms with Crippen LogP contribution >= 0.6 is 0 Å². The van der Waals surface area contributed by atoms with E-state index in [4.69, 9.17) is 0 Å². The Kier molecular flexibility index (Phi) is 7.06. The van der Waals surface area contributed by atoms with Gasteiger partial charge in [0.25, 0.3) is 5.91 Å². The van der Waals surface area contributed by atoms with Gasteiger partial charge in [0.1, 0.15) is 5.82 Å². The lowest BCUT2D eigenvalue weighted by molar-refractivity contribution is 0.0788. The molecule has 1 aromatic heterocycles. The molecular weight excluding hydrogens is 475 g/mol. The number of piperidine rings is 1. The van der Waals surface area contributed by atoms with E-state index in [9.17, 15) is 9.18 Å². The number of rotatable bonds is 6. The average Bonchev–Trinajstić information content (AvgIpc) is 3.63. The molecule has 3 heterocycles. The minimum Gasteiger partial charge on any atom is -0.338 e. The zero-order valence-corrected chi connectivity index (χ0v) is 21.5. The van der Waals surface area contributed by atoms with Gasteiger partial charge in [0.15, 0.2) is 0 Å². The Hall–Kier alpha value is -3.77. The molecule has 0 radical (unpaired) electrons. The second kappa shape index (κ2) is 10.9. The Morgan fingerprint density at radius 1 is 0.816 bits per heavy atom. The van der Waals surface area contributed by atoms with Crippen LogP contribution in [-0.2, 0) is 6.54 Å². The van der Waals surface area contributed by atoms with Crippen molar-refractivity contribution in [1.29, 1.82) is 0 Å². The molecule has 4 aromatic rings. The highest BCUT2D eigenvalue weighted by atomic mass is 19.1. The Morgan fingerprint density at radius 2 is 1.47 bits per heavy atom. The minimum absolute atomic E-state index is 0.0542. The fourth-order valence-corrected chi connectivity index (χ4v) is 6.02. The van der Waals surface area contributed by atoms with Crippen LogP contribution in [0.2, 0.25) is 0 Å². The maximum atomic E-state index is 13.9. The molecular formula is C32H33FN4O. The molecule has 6 heteroatoms. The van der Waals surface area contributed by atoms with Crippen LogP contribution < -0.4 is 0 Å². The zero-order valence-electron chi connectivity index (χ0n) is 21.5. The van der Waals surface area contributed by atoms with Crippen molar-refractivity contribution in [2.45, 2.75) is 37.6 Å². The Labute approximate surface area is 223 Å². The van der Waals surface area contributed by atoms with Crippen LogP contribution in [0.1, 0.15) is 58.3 Å². The first-order valence-electron chi connectivity index (χ1n) is 13.6. The third-order valence-corrected chi connectivity index (χ3v) is 8.08. The predicted octanol–water partition coefficient (Wildman–Crippen LogP) is 6.02. The lowest BCUT2D eigenvalue weighted by Gasteiger charge is -2.33. The van der Waals surface area contributed by atoms with E-state index >= 15 is 0 Å². The van der Waals surface area contributed by atoms with Crippen LogP contribution in [0, 0.1) is 5.82 Å². The number of hydrogen-bond acceptors (Lipinski definition) is 3. The van der Waals surface area contributed by atoms with Gasteiger partial charge >= 0.3 is 0 Å². The number of carbonyl (C=O) groups excluding carboxylic acids is 1. The number of carbonyl (C=O) groups is 1. The highest BCUT2D eigenvalue weighted by molar-refractivity contribution is 5.95. The van der Waals surface area contributed by atoms with Crippen LogP contribution in [0.25, 0.3) is 5.69 Å². The minimum atomic E-state index is -0.281. The summed E-state index contributed by atoms with van der Waals surface area (Å²) in [6.07, 6.45) is 4.60. The fraction of sp³-hybridized carbons (Fsp3) is 0.312. The van der Waals surface area contributed by atoms with Crippen molar-refractivity contribution < 1.29 is 9.18 Å². The maximum Gasteiger partial charge on any atom is 0.257 e. The topological polar surface area (TPSA) is 41.4 Å². The molecule has 2 fully saturated rings. The van der Waals surface area contributed by atoms with Gasteiger partial charge < -0.3 is 4.90 Å². The Morgan fingerprint density at radius 3 is 2.18 bits per heavy atom. The first kappa shape index (κ1) is 24.6. The number of hydrogen-bond donors (Lipinski definition) is 0. The maximum absolute atomic E-state index is 13.9. The molecule has 0 saturated carbocycles. The van der Waals surface area contributed by atoms with Gasteiger partial charge in [-0.3, -0.25) is 9.69 Å². The van der Waals surface area contributed by atoms with Crippen LogP contribution in [0.5, 0.6) is 0 Å². The van der Waals surface area contributed by atoms with Gasteiger partial charge in [0.05, 0.1) is 23.1 Å². The van der Waals surface area contributed by atoms with Gasteiger partial charge in [-0.1, -0.05) is 60.7 Å². The number of nitrogens with zero attached hydrogens (tertiary/aromatic N) is 4. The van der Waals surface area contributed by atoms with Gasteiger partial charge in [-0.05, 0) is 67.7 Å². The van der Waals surface area contributed by atoms with E-state index in [1.54, 1.807) is 18.3 Å². The van der Waals surface area contributed by atoms with Crippen molar-refractivity contribution in [2.75, 3.05) is 26.2 Å². The average molecular weight is 509 g/mol. The van der Waals surface area contributed by atoms with Crippen molar-refractivity contribution in [2.24, 2.45) is 0 Å². The van der Waals surface area contributed by atoms with E-state index in [1.165, 1.54) is 23.3 Å². The summed E-state index contributed by atoms with van der Waals surface area (Å²) >= 11 is 0. The van der Waals surface area contributed by atoms with Crippen LogP contribution in [-0.4, -0.2) is 51.7 Å². The first-order chi connectivity index (χ1) is 18.7. The summed E-state index contributed by atoms with van der Waals surface area (Å²) in [5.74, 6) is 0.341. The zero-order chi connectivity index (χ0) is 25.9. The SMILES string of the molecule is O=C(c1cnn(-c2ccc(F)cc2)c1C1CCN(Cc2ccccc2)CC1)N1CCC(c2ccccc2)C1. The standard InChI is InChI=1S/C32H33FN4O/c33-28-11-13-29(14-12-28)37-31(26-15-18-35(19-16-26)22-24-7-3-1-4-8-24)30(21-34-37)32(38)36-20-17-27(23-36)25-9-5-2-6-10-25/h1-14,21,26-27H,15-20,22-23H2. The fourth-order valence-electron chi connectivity index (χ4n) is 6.02. The highest BCUT2D eigenvalue weighted by Crippen LogP contribution is 2.35. The highest BCUT2D eigenvalue weighted by Gasteiger charge is 2.34. The summed E-state index contributed by atoms with van der Waals surface area (Å²) in [6.45, 7) is 4.32. The number of likely N-dealkylation sites (tertiary alicyclic amines) is 2. The quantitative estimate of drug-likeness (QED) is 0.320. The van der Waals surface area contributed by atoms with E-state index < -0.39 is 0 Å². The molecule has 5 nitrogen and oxygen atoms in total. The molecule has 0 bridgehead atoms. The van der Waals surface area contributed by atoms with Crippen molar-refractivity contribution >= 4 is 5.91 Å². The summed E-state index contributed by atoms with van der Waals surface area (Å²) in [7, 11) is 0. The number of amides is 1. The molecule has 1 unspecified atom stereocenters. The second-order valence-electron chi connectivity index (χ2n) is 10.5. The number of halogens is 1. The smallest absolute Gasteiger partial charge is 0.257 e. The van der Waals surface area contributed by atoms with Gasteiger partial charge in [0, 0.05) is 31.5 Å². The molecule has 1 amide bonds. The molecule has 2 saturated heterocycles. The molecule has 0 spiro atoms. The molecule has 3 aromatic carbocycles. The molecule has 2 aliphatic rings. The summed E-state index contributed by atoms with van der Waals surface area (Å²) in [5, 5.41) is 4.68. The Bertz CT molecular complexity index is 1360. The summed E-state index contributed by atoms with van der Waals surface area (Å²) in [5.41, 5.74) is 5.04. The third kappa shape index (κ3) is 5.14. The number of aromatic nitrogens is 2. The van der Waals surface area contributed by atoms with Crippen LogP contribution in [0.4, 0.5) is 4.39 Å². The van der Waals surface area contributed by atoms with Crippen molar-refractivity contribution in [3.8, 4) is 5.69 Å². The summed E-state index contributed by atoms with van der Waals surface area (Å²) in [4.78, 5) is 18.4. The van der Waals surface area contributed by atoms with Crippen molar-refractivity contribution in [1.82, 2.24) is 19.6 Å². The van der Waals surface area contributed by atoms with Gasteiger partial charge in [-0.2, -0.15) is 5.10 Å². The van der Waals surface area contributed by atoms with E-state index in [0.717, 1.165) is 63.4 Å². The van der Waals surface area contributed by atoms with Crippen molar-refractivity contribution in [3.63, 3.8) is 0 Å². The second-order valence-corrected chi connectivity index (χ2v) is 10.5. The van der Waals surface area contributed by atoms with Gasteiger partial charge in [0.2, 0.25) is 0 Å². The van der Waals surface area contributed by atoms with Crippen molar-refractivity contribution in [3.05, 3.63) is 119 Å². The normalized spacial score (nSPS) is 18.7. The molecule has 0 aliphatic carbocycles. The first-order valence-corrected chi connectivity index (χ1v) is 13.6. The van der Waals surface area contributed by atoms with E-state index in [2.05, 4.69) is 58.5 Å². The van der Waals surface area contributed by atoms with E-state index in [-0.39, 0.29) is 17.6 Å². The lowest BCUT2D eigenvalue weighted by atomic mass is 9.90. The van der Waals surface area contributed by atoms with Gasteiger partial charge in [-0.15, -0.1) is 0 Å². The van der Waals surface area contributed by atoms with Crippen LogP contribution in [0.15, 0.2) is 91.1 Å².